The third-order valence-electron chi connectivity index (χ3n) is 4.41. The summed E-state index contributed by atoms with van der Waals surface area (Å²) in [7, 11) is 0. The first kappa shape index (κ1) is 16.4. The second-order valence-electron chi connectivity index (χ2n) is 6.05. The second-order valence-corrected chi connectivity index (χ2v) is 6.05. The third kappa shape index (κ3) is 4.75. The summed E-state index contributed by atoms with van der Waals surface area (Å²) in [5.74, 6) is 1.42. The summed E-state index contributed by atoms with van der Waals surface area (Å²) in [5.41, 5.74) is 7.08. The van der Waals surface area contributed by atoms with Crippen molar-refractivity contribution >= 4 is 0 Å². The maximum absolute atomic E-state index is 6.04. The van der Waals surface area contributed by atoms with Crippen molar-refractivity contribution in [2.75, 3.05) is 6.61 Å². The van der Waals surface area contributed by atoms with Gasteiger partial charge in [0.2, 0.25) is 0 Å². The molecule has 21 heavy (non-hydrogen) atoms. The first-order valence-corrected chi connectivity index (χ1v) is 8.43. The lowest BCUT2D eigenvalue weighted by Gasteiger charge is -2.29. The molecule has 0 radical (unpaired) electrons. The molecule has 2 N–H and O–H groups in total. The van der Waals surface area contributed by atoms with Crippen LogP contribution in [0.15, 0.2) is 12.3 Å². The van der Waals surface area contributed by atoms with Crippen LogP contribution in [0.1, 0.15) is 70.0 Å². The van der Waals surface area contributed by atoms with E-state index in [0.29, 0.717) is 12.5 Å². The van der Waals surface area contributed by atoms with Crippen LogP contribution in [0.3, 0.4) is 0 Å². The molecule has 1 aliphatic rings. The highest BCUT2D eigenvalue weighted by Gasteiger charge is 2.27. The third-order valence-corrected chi connectivity index (χ3v) is 4.41. The fourth-order valence-electron chi connectivity index (χ4n) is 3.11. The van der Waals surface area contributed by atoms with Crippen molar-refractivity contribution in [2.24, 2.45) is 11.7 Å². The maximum Gasteiger partial charge on any atom is 0.157 e. The number of nitrogens with two attached hydrogens (primary N) is 1. The van der Waals surface area contributed by atoms with Crippen LogP contribution < -0.4 is 5.73 Å². The molecule has 0 aliphatic heterocycles. The molecule has 4 nitrogen and oxygen atoms in total. The lowest BCUT2D eigenvalue weighted by molar-refractivity contribution is -0.000337. The minimum Gasteiger partial charge on any atom is -0.370 e. The molecule has 1 fully saturated rings. The van der Waals surface area contributed by atoms with E-state index in [9.17, 15) is 0 Å². The fourth-order valence-corrected chi connectivity index (χ4v) is 3.11. The smallest absolute Gasteiger partial charge is 0.157 e. The average Bonchev–Trinajstić information content (AvgIpc) is 2.53. The van der Waals surface area contributed by atoms with Crippen LogP contribution >= 0.6 is 0 Å². The minimum atomic E-state index is 0.0492. The van der Waals surface area contributed by atoms with Crippen LogP contribution in [0.25, 0.3) is 0 Å². The van der Waals surface area contributed by atoms with Crippen LogP contribution in [-0.2, 0) is 11.2 Å². The Labute approximate surface area is 128 Å². The van der Waals surface area contributed by atoms with Crippen molar-refractivity contribution in [1.82, 2.24) is 9.97 Å². The molecule has 2 unspecified atom stereocenters. The zero-order valence-electron chi connectivity index (χ0n) is 13.4. The molecule has 2 rings (SSSR count). The van der Waals surface area contributed by atoms with E-state index in [1.165, 1.54) is 32.1 Å². The van der Waals surface area contributed by atoms with E-state index >= 15 is 0 Å². The Morgan fingerprint density at radius 2 is 2.05 bits per heavy atom. The fraction of sp³-hybridized carbons (Fsp3) is 0.765. The molecule has 1 aromatic rings. The van der Waals surface area contributed by atoms with Gasteiger partial charge in [0, 0.05) is 31.0 Å². The second kappa shape index (κ2) is 8.44. The highest BCUT2D eigenvalue weighted by atomic mass is 16.5. The van der Waals surface area contributed by atoms with Gasteiger partial charge in [0.1, 0.15) is 6.10 Å². The molecule has 0 saturated heterocycles. The molecule has 4 heteroatoms. The quantitative estimate of drug-likeness (QED) is 0.836. The Kier molecular flexibility index (Phi) is 6.58. The number of rotatable bonds is 7. The molecule has 0 bridgehead atoms. The Morgan fingerprint density at radius 3 is 2.71 bits per heavy atom. The van der Waals surface area contributed by atoms with E-state index in [1.807, 2.05) is 19.2 Å². The van der Waals surface area contributed by atoms with Gasteiger partial charge in [-0.2, -0.15) is 0 Å². The topological polar surface area (TPSA) is 61.0 Å². The summed E-state index contributed by atoms with van der Waals surface area (Å²) >= 11 is 0. The van der Waals surface area contributed by atoms with Gasteiger partial charge in [-0.1, -0.05) is 26.2 Å². The summed E-state index contributed by atoms with van der Waals surface area (Å²) in [6.45, 7) is 4.87. The molecule has 118 valence electrons. The predicted molar refractivity (Wildman–Crippen MR) is 84.9 cm³/mol. The maximum atomic E-state index is 6.04. The van der Waals surface area contributed by atoms with Gasteiger partial charge < -0.3 is 10.5 Å². The normalized spacial score (nSPS) is 19.4. The lowest BCUT2D eigenvalue weighted by Crippen LogP contribution is -2.24. The van der Waals surface area contributed by atoms with E-state index in [4.69, 9.17) is 15.5 Å². The van der Waals surface area contributed by atoms with Crippen molar-refractivity contribution in [1.29, 1.82) is 0 Å². The van der Waals surface area contributed by atoms with Crippen molar-refractivity contribution in [3.63, 3.8) is 0 Å². The number of aromatic nitrogens is 2. The lowest BCUT2D eigenvalue weighted by atomic mass is 9.85. The van der Waals surface area contributed by atoms with Gasteiger partial charge in [0.05, 0.1) is 0 Å². The Morgan fingerprint density at radius 1 is 1.29 bits per heavy atom. The first-order chi connectivity index (χ1) is 10.2. The van der Waals surface area contributed by atoms with Gasteiger partial charge in [-0.3, -0.25) is 0 Å². The summed E-state index contributed by atoms with van der Waals surface area (Å²) in [6.07, 6.45) is 10.1. The van der Waals surface area contributed by atoms with Gasteiger partial charge in [0.25, 0.3) is 0 Å². The molecule has 1 heterocycles. The van der Waals surface area contributed by atoms with Gasteiger partial charge in [0.15, 0.2) is 5.82 Å². The van der Waals surface area contributed by atoms with E-state index in [2.05, 4.69) is 11.9 Å². The molecule has 0 aromatic carbocycles. The van der Waals surface area contributed by atoms with Crippen LogP contribution in [0.5, 0.6) is 0 Å². The number of nitrogens with zero attached hydrogens (tertiary/aromatic N) is 2. The van der Waals surface area contributed by atoms with Crippen LogP contribution in [0.4, 0.5) is 0 Å². The SMILES string of the molecule is CCOC(c1nccc(CC(N)CC)n1)C1CCCCC1. The number of hydrogen-bond donors (Lipinski definition) is 1. The standard InChI is InChI=1S/C17H29N3O/c1-3-14(18)12-15-10-11-19-17(20-15)16(21-4-2)13-8-6-5-7-9-13/h10-11,13-14,16H,3-9,12,18H2,1-2H3. The van der Waals surface area contributed by atoms with E-state index in [0.717, 1.165) is 24.4 Å². The number of hydrogen-bond acceptors (Lipinski definition) is 4. The van der Waals surface area contributed by atoms with E-state index < -0.39 is 0 Å². The Hall–Kier alpha value is -1.00. The van der Waals surface area contributed by atoms with E-state index in [1.54, 1.807) is 0 Å². The van der Waals surface area contributed by atoms with Gasteiger partial charge in [-0.05, 0) is 38.2 Å². The Bertz CT molecular complexity index is 418. The average molecular weight is 291 g/mol. The predicted octanol–water partition coefficient (Wildman–Crippen LogP) is 3.41. The van der Waals surface area contributed by atoms with Crippen molar-refractivity contribution in [2.45, 2.75) is 70.9 Å². The van der Waals surface area contributed by atoms with Gasteiger partial charge >= 0.3 is 0 Å². The highest BCUT2D eigenvalue weighted by Crippen LogP contribution is 2.35. The molecule has 1 aliphatic carbocycles. The zero-order valence-corrected chi connectivity index (χ0v) is 13.4. The highest BCUT2D eigenvalue weighted by molar-refractivity contribution is 5.07. The van der Waals surface area contributed by atoms with Crippen molar-refractivity contribution < 1.29 is 4.74 Å². The van der Waals surface area contributed by atoms with Crippen molar-refractivity contribution in [3.05, 3.63) is 23.8 Å². The van der Waals surface area contributed by atoms with Gasteiger partial charge in [-0.15, -0.1) is 0 Å². The van der Waals surface area contributed by atoms with Crippen molar-refractivity contribution in [3.8, 4) is 0 Å². The molecule has 1 aromatic heterocycles. The summed E-state index contributed by atoms with van der Waals surface area (Å²) in [5, 5.41) is 0. The first-order valence-electron chi connectivity index (χ1n) is 8.43. The molecular weight excluding hydrogens is 262 g/mol. The molecule has 0 spiro atoms. The van der Waals surface area contributed by atoms with Crippen LogP contribution in [0.2, 0.25) is 0 Å². The molecule has 0 amide bonds. The minimum absolute atomic E-state index is 0.0492. The zero-order chi connectivity index (χ0) is 15.1. The molecule has 2 atom stereocenters. The summed E-state index contributed by atoms with van der Waals surface area (Å²) in [6, 6.07) is 2.15. The van der Waals surface area contributed by atoms with Gasteiger partial charge in [-0.25, -0.2) is 9.97 Å². The molecular formula is C17H29N3O. The van der Waals surface area contributed by atoms with Crippen LogP contribution in [-0.4, -0.2) is 22.6 Å². The van der Waals surface area contributed by atoms with Crippen LogP contribution in [0, 0.1) is 5.92 Å². The Balaban J connectivity index is 2.13. The van der Waals surface area contributed by atoms with E-state index in [-0.39, 0.29) is 12.1 Å². The number of ether oxygens (including phenoxy) is 1. The summed E-state index contributed by atoms with van der Waals surface area (Å²) < 4.78 is 6.00. The molecule has 1 saturated carbocycles. The summed E-state index contributed by atoms with van der Waals surface area (Å²) in [4.78, 5) is 9.23. The monoisotopic (exact) mass is 291 g/mol. The largest absolute Gasteiger partial charge is 0.370 e.